The number of nitrogens with one attached hydrogen (secondary N) is 1. The van der Waals surface area contributed by atoms with Gasteiger partial charge in [0, 0.05) is 42.1 Å². The van der Waals surface area contributed by atoms with Crippen LogP contribution in [-0.2, 0) is 28.6 Å². The van der Waals surface area contributed by atoms with Crippen LogP contribution in [0, 0.1) is 237 Å². The third kappa shape index (κ3) is 37.8. The van der Waals surface area contributed by atoms with Gasteiger partial charge in [0.15, 0.2) is 0 Å². The minimum atomic E-state index is -0.941. The highest BCUT2D eigenvalue weighted by Gasteiger charge is 2.16. The van der Waals surface area contributed by atoms with Gasteiger partial charge >= 0.3 is 17.9 Å². The first-order valence-corrected chi connectivity index (χ1v) is 17.2. The maximum Gasteiger partial charge on any atom is 0.385 e. The molecule has 0 aromatic rings. The van der Waals surface area contributed by atoms with E-state index in [0.717, 1.165) is 0 Å². The number of esters is 3. The maximum atomic E-state index is 12.3. The maximum absolute atomic E-state index is 12.3. The van der Waals surface area contributed by atoms with Crippen molar-refractivity contribution in [1.82, 2.24) is 5.32 Å². The molecular weight excluding hydrogens is 773 g/mol. The summed E-state index contributed by atoms with van der Waals surface area (Å²) in [5, 5.41) is 3.08. The van der Waals surface area contributed by atoms with Crippen molar-refractivity contribution >= 4 is 17.9 Å². The average molecular weight is 799 g/mol. The highest BCUT2D eigenvalue weighted by atomic mass is 16.6. The van der Waals surface area contributed by atoms with E-state index in [2.05, 4.69) is 247 Å². The summed E-state index contributed by atoms with van der Waals surface area (Å²) >= 11 is 0. The first-order chi connectivity index (χ1) is 30.4. The van der Waals surface area contributed by atoms with Gasteiger partial charge in [-0.15, -0.1) is 0 Å². The fourth-order valence-electron chi connectivity index (χ4n) is 2.96. The lowest BCUT2D eigenvalue weighted by Crippen LogP contribution is -2.35. The van der Waals surface area contributed by atoms with Gasteiger partial charge in [-0.25, -0.2) is 9.59 Å². The second kappa shape index (κ2) is 41.7. The largest absolute Gasteiger partial charge is 0.468 e. The monoisotopic (exact) mass is 798 g/mol. The summed E-state index contributed by atoms with van der Waals surface area (Å²) in [7, 11) is 1.27. The van der Waals surface area contributed by atoms with Crippen LogP contribution in [0.3, 0.4) is 0 Å². The van der Waals surface area contributed by atoms with Gasteiger partial charge in [-0.1, -0.05) is 18.3 Å². The molecule has 8 heteroatoms. The third-order valence-corrected chi connectivity index (χ3v) is 5.37. The smallest absolute Gasteiger partial charge is 0.385 e. The summed E-state index contributed by atoms with van der Waals surface area (Å²) in [4.78, 5) is 36.0. The predicted octanol–water partition coefficient (Wildman–Crippen LogP) is -0.191. The van der Waals surface area contributed by atoms with Crippen LogP contribution in [0.5, 0.6) is 0 Å². The number of nitrogens with two attached hydrogens (primary N) is 1. The van der Waals surface area contributed by atoms with Gasteiger partial charge in [0.25, 0.3) is 0 Å². The van der Waals surface area contributed by atoms with E-state index in [0.29, 0.717) is 25.8 Å². The molecule has 0 fully saturated rings. The van der Waals surface area contributed by atoms with Gasteiger partial charge in [0.1, 0.15) is 18.8 Å². The van der Waals surface area contributed by atoms with E-state index in [1.807, 2.05) is 0 Å². The summed E-state index contributed by atoms with van der Waals surface area (Å²) in [6.45, 7) is 3.56. The second-order valence-corrected chi connectivity index (χ2v) is 9.71. The molecule has 0 aliphatic carbocycles. The van der Waals surface area contributed by atoms with Gasteiger partial charge in [0.05, 0.1) is 7.11 Å². The third-order valence-electron chi connectivity index (χ3n) is 5.37. The van der Waals surface area contributed by atoms with Crippen LogP contribution in [0.25, 0.3) is 0 Å². The lowest BCUT2D eigenvalue weighted by Gasteiger charge is -2.16. The fourth-order valence-corrected chi connectivity index (χ4v) is 2.96. The Morgan fingerprint density at radius 2 is 0.790 bits per heavy atom. The Hall–Kier alpha value is -10.5. The number of rotatable bonds is 11. The normalized spacial score (nSPS) is 7.23. The Morgan fingerprint density at radius 1 is 0.468 bits per heavy atom. The van der Waals surface area contributed by atoms with Crippen molar-refractivity contribution < 1.29 is 28.6 Å². The molecule has 0 saturated carbocycles. The van der Waals surface area contributed by atoms with Crippen molar-refractivity contribution in [3.05, 3.63) is 0 Å². The molecule has 8 nitrogen and oxygen atoms in total. The van der Waals surface area contributed by atoms with E-state index in [-0.39, 0.29) is 13.2 Å². The molecule has 0 saturated heterocycles. The standard InChI is InChI=1S/C54H26N2O6/c1-4-6-8-10-12-14-16-18-20-22-24-26-28-30-32-34-36-38-40-45-52(57)61-49-50(48-56-47-43-42-44-51(55)54(59)60-3)62-53(58)46-41-39-37-35-33-31-29-27-25-23-21-19-17-15-13-11-9-7-5-2/h50-51,56H,42-44,47-49,55H2,1-3H3. The molecule has 2 unspecified atom stereocenters. The topological polar surface area (TPSA) is 117 Å². The lowest BCUT2D eigenvalue weighted by atomic mass is 10.1. The van der Waals surface area contributed by atoms with Gasteiger partial charge in [-0.2, -0.15) is 0 Å². The molecule has 3 N–H and O–H groups in total. The molecule has 0 aromatic carbocycles. The Morgan fingerprint density at radius 3 is 1.13 bits per heavy atom. The molecule has 0 rings (SSSR count). The summed E-state index contributed by atoms with van der Waals surface area (Å²) in [5.41, 5.74) is 5.75. The van der Waals surface area contributed by atoms with Crippen LogP contribution in [0.15, 0.2) is 0 Å². The van der Waals surface area contributed by atoms with Gasteiger partial charge < -0.3 is 25.3 Å². The second-order valence-electron chi connectivity index (χ2n) is 9.71. The molecule has 288 valence electrons. The Kier molecular flexibility index (Phi) is 34.6. The highest BCUT2D eigenvalue weighted by molar-refractivity contribution is 5.90. The van der Waals surface area contributed by atoms with Crippen molar-refractivity contribution in [2.75, 3.05) is 26.8 Å². The molecule has 0 aliphatic rings. The summed E-state index contributed by atoms with van der Waals surface area (Å²) < 4.78 is 15.1. The summed E-state index contributed by atoms with van der Waals surface area (Å²) in [5.74, 6) is 95.9. The summed E-state index contributed by atoms with van der Waals surface area (Å²) in [6, 6.07) is -0.723. The van der Waals surface area contributed by atoms with Crippen LogP contribution in [0.2, 0.25) is 0 Å². The van der Waals surface area contributed by atoms with Crippen LogP contribution >= 0.6 is 0 Å². The number of carbonyl (C=O) groups is 3. The summed E-state index contributed by atoms with van der Waals surface area (Å²) in [6.07, 6.45) is 0.754. The van der Waals surface area contributed by atoms with E-state index in [9.17, 15) is 14.4 Å². The van der Waals surface area contributed by atoms with Crippen molar-refractivity contribution in [2.24, 2.45) is 5.73 Å². The molecule has 0 heterocycles. The molecular formula is C54H26N2O6. The molecule has 2 atom stereocenters. The lowest BCUT2D eigenvalue weighted by molar-refractivity contribution is -0.151. The number of unbranched alkanes of at least 4 members (excludes halogenated alkanes) is 1. The van der Waals surface area contributed by atoms with Crippen molar-refractivity contribution in [3.63, 3.8) is 0 Å². The van der Waals surface area contributed by atoms with Gasteiger partial charge in [0.2, 0.25) is 0 Å². The fraction of sp³-hybridized carbons (Fsp3) is 0.204. The molecule has 0 spiro atoms. The zero-order valence-corrected chi connectivity index (χ0v) is 33.4. The quantitative estimate of drug-likeness (QED) is 0.0973. The number of ether oxygens (including phenoxy) is 3. The Balaban J connectivity index is 5.26. The molecule has 0 aliphatic heterocycles. The van der Waals surface area contributed by atoms with E-state index < -0.39 is 30.1 Å². The van der Waals surface area contributed by atoms with Crippen LogP contribution < -0.4 is 11.1 Å². The van der Waals surface area contributed by atoms with Crippen LogP contribution in [-0.4, -0.2) is 56.9 Å². The van der Waals surface area contributed by atoms with E-state index in [4.69, 9.17) is 15.2 Å². The first kappa shape index (κ1) is 51.5. The zero-order chi connectivity index (χ0) is 45.2. The first-order valence-electron chi connectivity index (χ1n) is 17.2. The molecule has 62 heavy (non-hydrogen) atoms. The number of carbonyl (C=O) groups excluding carboxylic acids is 3. The zero-order valence-electron chi connectivity index (χ0n) is 33.4. The minimum absolute atomic E-state index is 0.0946. The molecule has 0 aromatic heterocycles. The van der Waals surface area contributed by atoms with Gasteiger partial charge in [-0.3, -0.25) is 4.79 Å². The van der Waals surface area contributed by atoms with E-state index in [1.54, 1.807) is 13.8 Å². The number of hydrogen-bond acceptors (Lipinski definition) is 8. The van der Waals surface area contributed by atoms with E-state index >= 15 is 0 Å². The van der Waals surface area contributed by atoms with Crippen molar-refractivity contribution in [3.8, 4) is 237 Å². The van der Waals surface area contributed by atoms with Crippen molar-refractivity contribution in [2.45, 2.75) is 45.3 Å². The van der Waals surface area contributed by atoms with Crippen LogP contribution in [0.1, 0.15) is 33.1 Å². The minimum Gasteiger partial charge on any atom is -0.468 e. The SMILES string of the molecule is CC#CC#CC#CC#CC#CC#CC#CC#CC#CC#CC(=O)OCC(CNCCCCC(N)C(=O)OC)OC(=O)C#CC#CC#CC#CC#CC#CC#CC#CC#CC#CC. The van der Waals surface area contributed by atoms with Crippen LogP contribution in [0.4, 0.5) is 0 Å². The van der Waals surface area contributed by atoms with Crippen molar-refractivity contribution in [1.29, 1.82) is 0 Å². The molecule has 0 radical (unpaired) electrons. The molecule has 0 amide bonds. The van der Waals surface area contributed by atoms with E-state index in [1.165, 1.54) is 7.11 Å². The van der Waals surface area contributed by atoms with Gasteiger partial charge in [-0.05, 0) is 223 Å². The predicted molar refractivity (Wildman–Crippen MR) is 234 cm³/mol. The Labute approximate surface area is 365 Å². The highest BCUT2D eigenvalue weighted by Crippen LogP contribution is 2.00. The number of methoxy groups -OCH3 is 1. The Bertz CT molecular complexity index is 3060. The molecule has 0 bridgehead atoms. The average Bonchev–Trinajstić information content (AvgIpc) is 3.27. The number of hydrogen-bond donors (Lipinski definition) is 2.